The number of aromatic amines is 1. The van der Waals surface area contributed by atoms with Gasteiger partial charge in [-0.3, -0.25) is 9.78 Å². The molecule has 0 amide bonds. The Kier molecular flexibility index (Phi) is 3.10. The first-order chi connectivity index (χ1) is 6.56. The Balaban J connectivity index is 3.13. The lowest BCUT2D eigenvalue weighted by Gasteiger charge is -2.12. The number of nitrogens with two attached hydrogens (primary N) is 1. The highest BCUT2D eigenvalue weighted by atomic mass is 16.6. The molecule has 1 aromatic rings. The van der Waals surface area contributed by atoms with Gasteiger partial charge in [0.05, 0.1) is 0 Å². The lowest BCUT2D eigenvalue weighted by atomic mass is 10.2. The van der Waals surface area contributed by atoms with Crippen molar-refractivity contribution in [3.8, 4) is 5.88 Å². The van der Waals surface area contributed by atoms with Gasteiger partial charge in [0.15, 0.2) is 6.29 Å². The zero-order valence-corrected chi connectivity index (χ0v) is 7.65. The van der Waals surface area contributed by atoms with Gasteiger partial charge in [-0.25, -0.2) is 0 Å². The summed E-state index contributed by atoms with van der Waals surface area (Å²) in [6.07, 6.45) is -1.30. The maximum Gasteiger partial charge on any atom is 0.251 e. The summed E-state index contributed by atoms with van der Waals surface area (Å²) in [6, 6.07) is 1.08. The molecule has 0 aliphatic carbocycles. The van der Waals surface area contributed by atoms with Crippen LogP contribution >= 0.6 is 0 Å². The van der Waals surface area contributed by atoms with E-state index in [4.69, 9.17) is 15.6 Å². The molecule has 0 radical (unpaired) electrons. The van der Waals surface area contributed by atoms with E-state index in [1.807, 2.05) is 0 Å². The van der Waals surface area contributed by atoms with Crippen LogP contribution in [-0.2, 0) is 4.74 Å². The van der Waals surface area contributed by atoms with Gasteiger partial charge < -0.3 is 20.7 Å². The fraction of sp³-hybridized carbons (Fsp3) is 0.375. The van der Waals surface area contributed by atoms with Crippen molar-refractivity contribution < 1.29 is 14.9 Å². The molecule has 0 bridgehead atoms. The highest BCUT2D eigenvalue weighted by molar-refractivity contribution is 5.54. The number of aliphatic hydroxyl groups is 1. The Labute approximate surface area is 79.9 Å². The molecule has 1 unspecified atom stereocenters. The third kappa shape index (κ3) is 2.04. The quantitative estimate of drug-likeness (QED) is 0.500. The second kappa shape index (κ2) is 4.12. The number of nitrogen functional groups attached to an aromatic ring is 1. The van der Waals surface area contributed by atoms with E-state index < -0.39 is 17.7 Å². The molecular formula is C8H12N2O4. The number of H-pyrrole nitrogens is 1. The molecule has 1 rings (SSSR count). The number of anilines is 1. The smallest absolute Gasteiger partial charge is 0.251 e. The van der Waals surface area contributed by atoms with Gasteiger partial charge in [-0.2, -0.15) is 0 Å². The molecule has 0 aliphatic rings. The first-order valence-corrected chi connectivity index (χ1v) is 4.07. The van der Waals surface area contributed by atoms with Crippen LogP contribution in [0.25, 0.3) is 0 Å². The molecule has 0 aromatic carbocycles. The van der Waals surface area contributed by atoms with Crippen LogP contribution in [0.4, 0.5) is 5.69 Å². The monoisotopic (exact) mass is 200 g/mol. The van der Waals surface area contributed by atoms with Gasteiger partial charge in [0, 0.05) is 18.2 Å². The van der Waals surface area contributed by atoms with Crippen LogP contribution in [0.1, 0.15) is 18.8 Å². The van der Waals surface area contributed by atoms with Crippen molar-refractivity contribution >= 4 is 5.69 Å². The van der Waals surface area contributed by atoms with Crippen LogP contribution < -0.4 is 11.3 Å². The van der Waals surface area contributed by atoms with Gasteiger partial charge in [-0.1, -0.05) is 0 Å². The molecule has 6 heteroatoms. The molecule has 0 saturated heterocycles. The summed E-state index contributed by atoms with van der Waals surface area (Å²) >= 11 is 0. The molecule has 0 spiro atoms. The first-order valence-electron chi connectivity index (χ1n) is 4.07. The summed E-state index contributed by atoms with van der Waals surface area (Å²) in [7, 11) is 0. The largest absolute Gasteiger partial charge is 0.493 e. The predicted octanol–water partition coefficient (Wildman–Crippen LogP) is -0.310. The van der Waals surface area contributed by atoms with E-state index in [0.717, 1.165) is 6.07 Å². The van der Waals surface area contributed by atoms with Crippen LogP contribution in [0.15, 0.2) is 10.9 Å². The third-order valence-electron chi connectivity index (χ3n) is 1.68. The summed E-state index contributed by atoms with van der Waals surface area (Å²) in [5.74, 6) is -0.466. The van der Waals surface area contributed by atoms with Crippen molar-refractivity contribution in [2.75, 3.05) is 12.3 Å². The molecule has 1 aromatic heterocycles. The zero-order valence-electron chi connectivity index (χ0n) is 7.65. The van der Waals surface area contributed by atoms with Crippen molar-refractivity contribution in [3.05, 3.63) is 22.0 Å². The van der Waals surface area contributed by atoms with Gasteiger partial charge in [0.2, 0.25) is 5.88 Å². The number of hydrogen-bond donors (Lipinski definition) is 4. The van der Waals surface area contributed by atoms with Gasteiger partial charge in [0.25, 0.3) is 5.56 Å². The van der Waals surface area contributed by atoms with Crippen molar-refractivity contribution in [2.24, 2.45) is 0 Å². The Hall–Kier alpha value is -1.53. The van der Waals surface area contributed by atoms with Gasteiger partial charge in [0.1, 0.15) is 5.69 Å². The minimum Gasteiger partial charge on any atom is -0.493 e. The van der Waals surface area contributed by atoms with E-state index in [-0.39, 0.29) is 17.9 Å². The number of aromatic nitrogens is 1. The lowest BCUT2D eigenvalue weighted by Crippen LogP contribution is -2.13. The minimum atomic E-state index is -1.30. The Morgan fingerprint density at radius 2 is 2.36 bits per heavy atom. The third-order valence-corrected chi connectivity index (χ3v) is 1.68. The summed E-state index contributed by atoms with van der Waals surface area (Å²) in [6.45, 7) is 1.96. The van der Waals surface area contributed by atoms with E-state index in [1.54, 1.807) is 6.92 Å². The average molecular weight is 200 g/mol. The summed E-state index contributed by atoms with van der Waals surface area (Å²) in [5.41, 5.74) is 4.84. The number of ether oxygens (including phenoxy) is 1. The number of hydrogen-bond acceptors (Lipinski definition) is 5. The number of rotatable bonds is 3. The molecule has 6 nitrogen and oxygen atoms in total. The second-order valence-electron chi connectivity index (χ2n) is 2.66. The molecule has 14 heavy (non-hydrogen) atoms. The number of aromatic hydroxyl groups is 1. The maximum atomic E-state index is 10.9. The van der Waals surface area contributed by atoms with Crippen LogP contribution in [0, 0.1) is 0 Å². The summed E-state index contributed by atoms with van der Waals surface area (Å²) in [4.78, 5) is 13.0. The zero-order chi connectivity index (χ0) is 10.7. The van der Waals surface area contributed by atoms with Crippen molar-refractivity contribution in [3.63, 3.8) is 0 Å². The van der Waals surface area contributed by atoms with Crippen LogP contribution in [-0.4, -0.2) is 21.8 Å². The maximum absolute atomic E-state index is 10.9. The Morgan fingerprint density at radius 3 is 2.93 bits per heavy atom. The molecule has 0 aliphatic heterocycles. The molecular weight excluding hydrogens is 188 g/mol. The van der Waals surface area contributed by atoms with E-state index in [9.17, 15) is 9.90 Å². The van der Waals surface area contributed by atoms with Gasteiger partial charge in [-0.05, 0) is 6.92 Å². The van der Waals surface area contributed by atoms with Crippen molar-refractivity contribution in [1.29, 1.82) is 0 Å². The molecule has 5 N–H and O–H groups in total. The molecule has 78 valence electrons. The SMILES string of the molecule is CCOC(O)c1cc(=O)[nH]c(O)c1N. The lowest BCUT2D eigenvalue weighted by molar-refractivity contribution is -0.0976. The van der Waals surface area contributed by atoms with Crippen LogP contribution in [0.5, 0.6) is 5.88 Å². The minimum absolute atomic E-state index is 0.0631. The van der Waals surface area contributed by atoms with E-state index in [0.29, 0.717) is 0 Å². The Morgan fingerprint density at radius 1 is 1.71 bits per heavy atom. The number of aliphatic hydroxyl groups excluding tert-OH is 1. The average Bonchev–Trinajstić information content (AvgIpc) is 2.11. The van der Waals surface area contributed by atoms with Gasteiger partial charge in [-0.15, -0.1) is 0 Å². The normalized spacial score (nSPS) is 12.7. The number of nitrogens with one attached hydrogen (secondary N) is 1. The van der Waals surface area contributed by atoms with E-state index in [1.165, 1.54) is 0 Å². The van der Waals surface area contributed by atoms with Crippen molar-refractivity contribution in [2.45, 2.75) is 13.2 Å². The molecule has 1 atom stereocenters. The number of pyridine rings is 1. The topological polar surface area (TPSA) is 109 Å². The molecule has 0 fully saturated rings. The summed E-state index contributed by atoms with van der Waals surface area (Å²) in [5, 5.41) is 18.5. The Bertz CT molecular complexity index is 374. The fourth-order valence-electron chi connectivity index (χ4n) is 1.03. The van der Waals surface area contributed by atoms with E-state index >= 15 is 0 Å². The standard InChI is InChI=1S/C8H12N2O4/c1-2-14-8(13)4-3-5(11)10-7(12)6(4)9/h3,8,13H,2,9H2,1H3,(H2,10,11,12). The predicted molar refractivity (Wildman–Crippen MR) is 49.7 cm³/mol. The second-order valence-corrected chi connectivity index (χ2v) is 2.66. The van der Waals surface area contributed by atoms with Crippen LogP contribution in [0.2, 0.25) is 0 Å². The highest BCUT2D eigenvalue weighted by Gasteiger charge is 2.14. The molecule has 1 heterocycles. The van der Waals surface area contributed by atoms with Crippen molar-refractivity contribution in [1.82, 2.24) is 4.98 Å². The van der Waals surface area contributed by atoms with Gasteiger partial charge >= 0.3 is 0 Å². The van der Waals surface area contributed by atoms with E-state index in [2.05, 4.69) is 4.98 Å². The van der Waals surface area contributed by atoms with Crippen LogP contribution in [0.3, 0.4) is 0 Å². The summed E-state index contributed by atoms with van der Waals surface area (Å²) < 4.78 is 4.83. The first kappa shape index (κ1) is 10.6. The fourth-order valence-corrected chi connectivity index (χ4v) is 1.03. The molecule has 0 saturated carbocycles. The highest BCUT2D eigenvalue weighted by Crippen LogP contribution is 2.25.